The zero-order chi connectivity index (χ0) is 23.7. The summed E-state index contributed by atoms with van der Waals surface area (Å²) < 4.78 is 1.64. The van der Waals surface area contributed by atoms with Gasteiger partial charge in [0.1, 0.15) is 0 Å². The molecule has 5 rings (SSSR count). The average Bonchev–Trinajstić information content (AvgIpc) is 3.53. The van der Waals surface area contributed by atoms with Crippen LogP contribution in [0.5, 0.6) is 0 Å². The van der Waals surface area contributed by atoms with E-state index >= 15 is 0 Å². The molecule has 0 unspecified atom stereocenters. The summed E-state index contributed by atoms with van der Waals surface area (Å²) in [6.45, 7) is 2.77. The van der Waals surface area contributed by atoms with E-state index < -0.39 is 0 Å². The van der Waals surface area contributed by atoms with Gasteiger partial charge in [0.05, 0.1) is 29.6 Å². The normalized spacial score (nSPS) is 13.7. The van der Waals surface area contributed by atoms with Gasteiger partial charge in [0.25, 0.3) is 11.8 Å². The summed E-state index contributed by atoms with van der Waals surface area (Å²) in [7, 11) is 0. The van der Waals surface area contributed by atoms with Crippen molar-refractivity contribution < 1.29 is 9.59 Å². The van der Waals surface area contributed by atoms with Crippen molar-refractivity contribution in [3.05, 3.63) is 88.5 Å². The van der Waals surface area contributed by atoms with Gasteiger partial charge >= 0.3 is 0 Å². The standard InChI is InChI=1S/C25H21ClN6O2/c1-15-12-19(24(33)27-8-10-32-11-9-28-31-32)22(29-15)14-20-23-18(16-4-2-5-17(26)13-16)6-3-7-21(23)30-25(20)34/h2-7,9,11-14,29H,8,10H2,1H3,(H,27,33)(H,30,34)/b20-14-. The van der Waals surface area contributed by atoms with Gasteiger partial charge in [-0.25, -0.2) is 0 Å². The molecule has 0 saturated carbocycles. The van der Waals surface area contributed by atoms with Crippen LogP contribution >= 0.6 is 11.6 Å². The number of nitrogens with zero attached hydrogens (tertiary/aromatic N) is 3. The summed E-state index contributed by atoms with van der Waals surface area (Å²) >= 11 is 6.22. The van der Waals surface area contributed by atoms with Crippen LogP contribution in [0.1, 0.15) is 27.3 Å². The number of aromatic amines is 1. The molecule has 1 aliphatic rings. The van der Waals surface area contributed by atoms with E-state index in [4.69, 9.17) is 11.6 Å². The first kappa shape index (κ1) is 21.7. The fourth-order valence-electron chi connectivity index (χ4n) is 4.07. The fourth-order valence-corrected chi connectivity index (χ4v) is 4.26. The van der Waals surface area contributed by atoms with E-state index in [0.717, 1.165) is 28.1 Å². The molecule has 2 aromatic heterocycles. The van der Waals surface area contributed by atoms with Crippen LogP contribution in [0.15, 0.2) is 60.9 Å². The maximum atomic E-state index is 12.9. The van der Waals surface area contributed by atoms with Crippen molar-refractivity contribution in [2.75, 3.05) is 11.9 Å². The molecule has 170 valence electrons. The lowest BCUT2D eigenvalue weighted by atomic mass is 9.94. The van der Waals surface area contributed by atoms with Crippen molar-refractivity contribution in [1.29, 1.82) is 0 Å². The lowest BCUT2D eigenvalue weighted by Gasteiger charge is -2.09. The van der Waals surface area contributed by atoms with E-state index in [1.54, 1.807) is 29.2 Å². The third kappa shape index (κ3) is 4.23. The molecule has 0 spiro atoms. The molecule has 0 bridgehead atoms. The Bertz CT molecular complexity index is 1420. The smallest absolute Gasteiger partial charge is 0.256 e. The Kier molecular flexibility index (Phi) is 5.73. The van der Waals surface area contributed by atoms with E-state index in [-0.39, 0.29) is 11.8 Å². The van der Waals surface area contributed by atoms with Crippen molar-refractivity contribution in [2.45, 2.75) is 13.5 Å². The Morgan fingerprint density at radius 3 is 2.85 bits per heavy atom. The molecule has 1 aliphatic heterocycles. The van der Waals surface area contributed by atoms with E-state index in [0.29, 0.717) is 34.9 Å². The summed E-state index contributed by atoms with van der Waals surface area (Å²) in [6, 6.07) is 15.0. The monoisotopic (exact) mass is 472 g/mol. The number of fused-ring (bicyclic) bond motifs is 1. The lowest BCUT2D eigenvalue weighted by Crippen LogP contribution is -2.27. The van der Waals surface area contributed by atoms with E-state index in [2.05, 4.69) is 25.9 Å². The number of aryl methyl sites for hydroxylation is 1. The molecule has 0 fully saturated rings. The highest BCUT2D eigenvalue weighted by Crippen LogP contribution is 2.41. The summed E-state index contributed by atoms with van der Waals surface area (Å²) in [5.41, 5.74) is 5.60. The first-order valence-electron chi connectivity index (χ1n) is 10.7. The summed E-state index contributed by atoms with van der Waals surface area (Å²) in [4.78, 5) is 29.1. The molecule has 3 heterocycles. The first-order chi connectivity index (χ1) is 16.5. The number of benzene rings is 2. The number of amides is 2. The zero-order valence-corrected chi connectivity index (χ0v) is 19.1. The van der Waals surface area contributed by atoms with Crippen LogP contribution in [0.3, 0.4) is 0 Å². The number of halogens is 1. The minimum Gasteiger partial charge on any atom is -0.358 e. The molecule has 3 N–H and O–H groups in total. The molecule has 8 nitrogen and oxygen atoms in total. The van der Waals surface area contributed by atoms with Gasteiger partial charge in [0.2, 0.25) is 0 Å². The third-order valence-corrected chi connectivity index (χ3v) is 5.81. The summed E-state index contributed by atoms with van der Waals surface area (Å²) in [6.07, 6.45) is 5.05. The number of anilines is 1. The van der Waals surface area contributed by atoms with E-state index in [1.165, 1.54) is 0 Å². The number of hydrogen-bond acceptors (Lipinski definition) is 4. The van der Waals surface area contributed by atoms with Gasteiger partial charge in [-0.05, 0) is 48.4 Å². The van der Waals surface area contributed by atoms with Gasteiger partial charge in [-0.15, -0.1) is 5.10 Å². The zero-order valence-electron chi connectivity index (χ0n) is 18.3. The highest BCUT2D eigenvalue weighted by Gasteiger charge is 2.28. The molecule has 0 saturated heterocycles. The van der Waals surface area contributed by atoms with Crippen molar-refractivity contribution >= 4 is 40.8 Å². The molecule has 34 heavy (non-hydrogen) atoms. The van der Waals surface area contributed by atoms with Crippen LogP contribution in [-0.2, 0) is 11.3 Å². The van der Waals surface area contributed by atoms with Gasteiger partial charge in [0, 0.05) is 34.7 Å². The molecule has 0 radical (unpaired) electrons. The Morgan fingerprint density at radius 2 is 2.06 bits per heavy atom. The van der Waals surface area contributed by atoms with Crippen LogP contribution < -0.4 is 10.6 Å². The largest absolute Gasteiger partial charge is 0.358 e. The molecule has 4 aromatic rings. The van der Waals surface area contributed by atoms with Gasteiger partial charge in [-0.1, -0.05) is 41.1 Å². The average molecular weight is 473 g/mol. The minimum atomic E-state index is -0.238. The van der Waals surface area contributed by atoms with Crippen LogP contribution in [0.25, 0.3) is 22.8 Å². The molecular weight excluding hydrogens is 452 g/mol. The van der Waals surface area contributed by atoms with E-state index in [1.807, 2.05) is 49.4 Å². The maximum Gasteiger partial charge on any atom is 0.256 e. The quantitative estimate of drug-likeness (QED) is 0.366. The second kappa shape index (κ2) is 8.99. The molecule has 9 heteroatoms. The minimum absolute atomic E-state index is 0.228. The predicted octanol–water partition coefficient (Wildman–Crippen LogP) is 4.16. The number of nitrogens with one attached hydrogen (secondary N) is 3. The summed E-state index contributed by atoms with van der Waals surface area (Å²) in [5, 5.41) is 14.1. The number of rotatable bonds is 6. The predicted molar refractivity (Wildman–Crippen MR) is 131 cm³/mol. The number of aromatic nitrogens is 4. The van der Waals surface area contributed by atoms with E-state index in [9.17, 15) is 9.59 Å². The van der Waals surface area contributed by atoms with Crippen LogP contribution in [-0.4, -0.2) is 38.3 Å². The fraction of sp³-hybridized carbons (Fsp3) is 0.120. The van der Waals surface area contributed by atoms with Gasteiger partial charge in [0.15, 0.2) is 0 Å². The number of H-pyrrole nitrogens is 1. The molecule has 2 aromatic carbocycles. The second-order valence-corrected chi connectivity index (χ2v) is 8.39. The topological polar surface area (TPSA) is 105 Å². The number of carbonyl (C=O) groups is 2. The third-order valence-electron chi connectivity index (χ3n) is 5.58. The highest BCUT2D eigenvalue weighted by molar-refractivity contribution is 6.36. The van der Waals surface area contributed by atoms with Gasteiger partial charge < -0.3 is 15.6 Å². The number of carbonyl (C=O) groups excluding carboxylic acids is 2. The second-order valence-electron chi connectivity index (χ2n) is 7.95. The van der Waals surface area contributed by atoms with Crippen LogP contribution in [0.2, 0.25) is 5.02 Å². The van der Waals surface area contributed by atoms with Crippen LogP contribution in [0.4, 0.5) is 5.69 Å². The molecule has 2 amide bonds. The van der Waals surface area contributed by atoms with Gasteiger partial charge in [-0.2, -0.15) is 0 Å². The molecule has 0 atom stereocenters. The molecular formula is C25H21ClN6O2. The van der Waals surface area contributed by atoms with Crippen molar-refractivity contribution in [2.24, 2.45) is 0 Å². The van der Waals surface area contributed by atoms with Crippen molar-refractivity contribution in [3.63, 3.8) is 0 Å². The Morgan fingerprint density at radius 1 is 1.21 bits per heavy atom. The SMILES string of the molecule is Cc1cc(C(=O)NCCn2ccnn2)c(/C=C2\C(=O)Nc3cccc(-c4cccc(Cl)c4)c32)[nH]1. The summed E-state index contributed by atoms with van der Waals surface area (Å²) in [5.74, 6) is -0.465. The van der Waals surface area contributed by atoms with Crippen LogP contribution in [0, 0.1) is 6.92 Å². The maximum absolute atomic E-state index is 12.9. The first-order valence-corrected chi connectivity index (χ1v) is 11.1. The lowest BCUT2D eigenvalue weighted by molar-refractivity contribution is -0.110. The Balaban J connectivity index is 1.49. The van der Waals surface area contributed by atoms with Gasteiger partial charge in [-0.3, -0.25) is 14.3 Å². The Hall–Kier alpha value is -4.17. The van der Waals surface area contributed by atoms with Crippen molar-refractivity contribution in [1.82, 2.24) is 25.3 Å². The number of hydrogen-bond donors (Lipinski definition) is 3. The Labute approximate surface area is 200 Å². The highest BCUT2D eigenvalue weighted by atomic mass is 35.5. The van der Waals surface area contributed by atoms with Crippen molar-refractivity contribution in [3.8, 4) is 11.1 Å². The molecule has 0 aliphatic carbocycles.